The van der Waals surface area contributed by atoms with E-state index in [4.69, 9.17) is 16.3 Å². The molecule has 1 aromatic carbocycles. The number of ether oxygens (including phenoxy) is 1. The molecule has 0 saturated carbocycles. The Labute approximate surface area is 141 Å². The molecule has 8 heteroatoms. The summed E-state index contributed by atoms with van der Waals surface area (Å²) in [6.07, 6.45) is 0. The summed E-state index contributed by atoms with van der Waals surface area (Å²) >= 11 is 7.23. The lowest BCUT2D eigenvalue weighted by Gasteiger charge is -2.08. The van der Waals surface area contributed by atoms with E-state index in [2.05, 4.69) is 15.3 Å². The zero-order valence-corrected chi connectivity index (χ0v) is 14.0. The summed E-state index contributed by atoms with van der Waals surface area (Å²) in [5.41, 5.74) is 1.49. The van der Waals surface area contributed by atoms with Gasteiger partial charge in [0.1, 0.15) is 10.3 Å². The average Bonchev–Trinajstić information content (AvgIpc) is 2.98. The van der Waals surface area contributed by atoms with Crippen LogP contribution in [0.2, 0.25) is 5.02 Å². The number of carbonyl (C=O) groups excluding carboxylic acids is 1. The van der Waals surface area contributed by atoms with Gasteiger partial charge in [-0.05, 0) is 43.3 Å². The number of aromatic nitrogens is 4. The smallest absolute Gasteiger partial charge is 0.318 e. The van der Waals surface area contributed by atoms with Crippen LogP contribution in [0.5, 0.6) is 0 Å². The lowest BCUT2D eigenvalue weighted by Crippen LogP contribution is -2.15. The van der Waals surface area contributed by atoms with Crippen molar-refractivity contribution < 1.29 is 9.53 Å². The van der Waals surface area contributed by atoms with E-state index in [0.29, 0.717) is 21.5 Å². The standard InChI is InChI=1S/C15H13ClN4O2S/c1-9(15(21)22-2)23-13-8-7-12-17-18-14(20(12)19-13)10-3-5-11(16)6-4-10/h3-9H,1-2H3/t9-/m1/s1. The Balaban J connectivity index is 1.97. The molecule has 2 aromatic heterocycles. The van der Waals surface area contributed by atoms with Gasteiger partial charge in [-0.2, -0.15) is 9.61 Å². The highest BCUT2D eigenvalue weighted by Crippen LogP contribution is 2.24. The topological polar surface area (TPSA) is 69.4 Å². The highest BCUT2D eigenvalue weighted by Gasteiger charge is 2.17. The minimum absolute atomic E-state index is 0.293. The predicted molar refractivity (Wildman–Crippen MR) is 88.6 cm³/mol. The van der Waals surface area contributed by atoms with Gasteiger partial charge in [-0.15, -0.1) is 10.2 Å². The third-order valence-corrected chi connectivity index (χ3v) is 4.43. The van der Waals surface area contributed by atoms with Crippen LogP contribution in [0.15, 0.2) is 41.4 Å². The van der Waals surface area contributed by atoms with E-state index < -0.39 is 0 Å². The van der Waals surface area contributed by atoms with Crippen molar-refractivity contribution in [2.75, 3.05) is 7.11 Å². The number of esters is 1. The molecule has 3 rings (SSSR count). The molecular weight excluding hydrogens is 336 g/mol. The van der Waals surface area contributed by atoms with Gasteiger partial charge in [0.15, 0.2) is 11.5 Å². The molecule has 0 aliphatic rings. The van der Waals surface area contributed by atoms with Crippen molar-refractivity contribution in [1.29, 1.82) is 0 Å². The molecule has 0 N–H and O–H groups in total. The third kappa shape index (κ3) is 3.30. The summed E-state index contributed by atoms with van der Waals surface area (Å²) in [5.74, 6) is 0.323. The summed E-state index contributed by atoms with van der Waals surface area (Å²) < 4.78 is 6.38. The quantitative estimate of drug-likeness (QED) is 0.533. The van der Waals surface area contributed by atoms with E-state index in [1.807, 2.05) is 18.2 Å². The van der Waals surface area contributed by atoms with Gasteiger partial charge in [-0.1, -0.05) is 23.4 Å². The first-order valence-corrected chi connectivity index (χ1v) is 8.07. The van der Waals surface area contributed by atoms with Gasteiger partial charge < -0.3 is 4.74 Å². The number of thioether (sulfide) groups is 1. The Kier molecular flexibility index (Phi) is 4.49. The van der Waals surface area contributed by atoms with Crippen molar-refractivity contribution in [3.63, 3.8) is 0 Å². The van der Waals surface area contributed by atoms with Crippen LogP contribution in [0.25, 0.3) is 17.0 Å². The van der Waals surface area contributed by atoms with Crippen molar-refractivity contribution in [1.82, 2.24) is 19.8 Å². The van der Waals surface area contributed by atoms with Crippen LogP contribution in [-0.4, -0.2) is 38.1 Å². The summed E-state index contributed by atoms with van der Waals surface area (Å²) in [5, 5.41) is 13.8. The third-order valence-electron chi connectivity index (χ3n) is 3.17. The van der Waals surface area contributed by atoms with Gasteiger partial charge in [0.25, 0.3) is 0 Å². The van der Waals surface area contributed by atoms with E-state index in [9.17, 15) is 4.79 Å². The van der Waals surface area contributed by atoms with Crippen LogP contribution in [-0.2, 0) is 9.53 Å². The molecule has 3 aromatic rings. The Bertz CT molecular complexity index is 850. The maximum Gasteiger partial charge on any atom is 0.318 e. The first-order valence-electron chi connectivity index (χ1n) is 6.81. The van der Waals surface area contributed by atoms with Gasteiger partial charge in [0.2, 0.25) is 0 Å². The van der Waals surface area contributed by atoms with Crippen LogP contribution in [0.4, 0.5) is 0 Å². The van der Waals surface area contributed by atoms with E-state index in [-0.39, 0.29) is 11.2 Å². The van der Waals surface area contributed by atoms with Crippen LogP contribution in [0.3, 0.4) is 0 Å². The Morgan fingerprint density at radius 2 is 1.96 bits per heavy atom. The number of carbonyl (C=O) groups is 1. The molecule has 0 unspecified atom stereocenters. The molecule has 1 atom stereocenters. The zero-order chi connectivity index (χ0) is 16.4. The van der Waals surface area contributed by atoms with Gasteiger partial charge in [-0.25, -0.2) is 0 Å². The van der Waals surface area contributed by atoms with Gasteiger partial charge in [0.05, 0.1) is 7.11 Å². The average molecular weight is 349 g/mol. The fourth-order valence-corrected chi connectivity index (χ4v) is 2.97. The second-order valence-electron chi connectivity index (χ2n) is 4.76. The van der Waals surface area contributed by atoms with E-state index in [1.54, 1.807) is 29.6 Å². The summed E-state index contributed by atoms with van der Waals surface area (Å²) in [4.78, 5) is 11.5. The second-order valence-corrected chi connectivity index (χ2v) is 6.55. The number of hydrogen-bond acceptors (Lipinski definition) is 6. The molecular formula is C15H13ClN4O2S. The number of methoxy groups -OCH3 is 1. The lowest BCUT2D eigenvalue weighted by molar-refractivity contribution is -0.139. The van der Waals surface area contributed by atoms with Gasteiger partial charge in [0, 0.05) is 10.6 Å². The Morgan fingerprint density at radius 3 is 2.65 bits per heavy atom. The van der Waals surface area contributed by atoms with E-state index >= 15 is 0 Å². The van der Waals surface area contributed by atoms with Crippen molar-refractivity contribution in [3.05, 3.63) is 41.4 Å². The molecule has 23 heavy (non-hydrogen) atoms. The van der Waals surface area contributed by atoms with Gasteiger partial charge >= 0.3 is 5.97 Å². The molecule has 0 amide bonds. The molecule has 6 nitrogen and oxygen atoms in total. The summed E-state index contributed by atoms with van der Waals surface area (Å²) in [6, 6.07) is 10.9. The Hall–Kier alpha value is -2.12. The van der Waals surface area contributed by atoms with Crippen LogP contribution >= 0.6 is 23.4 Å². The molecule has 0 aliphatic heterocycles. The molecule has 0 fully saturated rings. The van der Waals surface area contributed by atoms with E-state index in [0.717, 1.165) is 5.56 Å². The predicted octanol–water partition coefficient (Wildman–Crippen LogP) is 3.10. The van der Waals surface area contributed by atoms with Crippen molar-refractivity contribution in [3.8, 4) is 11.4 Å². The van der Waals surface area contributed by atoms with Crippen LogP contribution in [0, 0.1) is 0 Å². The molecule has 2 heterocycles. The maximum atomic E-state index is 11.5. The minimum atomic E-state index is -0.347. The largest absolute Gasteiger partial charge is 0.468 e. The van der Waals surface area contributed by atoms with E-state index in [1.165, 1.54) is 18.9 Å². The highest BCUT2D eigenvalue weighted by molar-refractivity contribution is 8.00. The summed E-state index contributed by atoms with van der Waals surface area (Å²) in [7, 11) is 1.37. The fourth-order valence-electron chi connectivity index (χ4n) is 2.01. The zero-order valence-electron chi connectivity index (χ0n) is 12.4. The Morgan fingerprint density at radius 1 is 1.22 bits per heavy atom. The lowest BCUT2D eigenvalue weighted by atomic mass is 10.2. The number of rotatable bonds is 4. The van der Waals surface area contributed by atoms with Crippen molar-refractivity contribution >= 4 is 35.0 Å². The number of fused-ring (bicyclic) bond motifs is 1. The molecule has 0 spiro atoms. The monoisotopic (exact) mass is 348 g/mol. The number of nitrogens with zero attached hydrogens (tertiary/aromatic N) is 4. The molecule has 0 saturated heterocycles. The molecule has 118 valence electrons. The van der Waals surface area contributed by atoms with Crippen LogP contribution < -0.4 is 0 Å². The molecule has 0 radical (unpaired) electrons. The second kappa shape index (κ2) is 6.55. The van der Waals surface area contributed by atoms with Gasteiger partial charge in [-0.3, -0.25) is 4.79 Å². The van der Waals surface area contributed by atoms with Crippen LogP contribution in [0.1, 0.15) is 6.92 Å². The molecule has 0 aliphatic carbocycles. The minimum Gasteiger partial charge on any atom is -0.468 e. The normalized spacial score (nSPS) is 12.3. The number of halogens is 1. The number of benzene rings is 1. The summed E-state index contributed by atoms with van der Waals surface area (Å²) in [6.45, 7) is 1.77. The molecule has 0 bridgehead atoms. The highest BCUT2D eigenvalue weighted by atomic mass is 35.5. The SMILES string of the molecule is COC(=O)[C@@H](C)Sc1ccc2nnc(-c3ccc(Cl)cc3)n2n1. The fraction of sp³-hybridized carbons (Fsp3) is 0.200. The first kappa shape index (κ1) is 15.8. The van der Waals surface area contributed by atoms with Crippen molar-refractivity contribution in [2.24, 2.45) is 0 Å². The maximum absolute atomic E-state index is 11.5. The first-order chi connectivity index (χ1) is 11.1. The number of hydrogen-bond donors (Lipinski definition) is 0. The van der Waals surface area contributed by atoms with Crippen molar-refractivity contribution in [2.45, 2.75) is 17.2 Å².